The number of aromatic nitrogens is 6. The summed E-state index contributed by atoms with van der Waals surface area (Å²) < 4.78 is 2.24. The van der Waals surface area contributed by atoms with E-state index in [-0.39, 0.29) is 18.0 Å². The first kappa shape index (κ1) is 21.3. The number of carbonyl (C=O) groups excluding carboxylic acids is 1. The molecule has 1 amide bonds. The Balaban J connectivity index is 1.51. The summed E-state index contributed by atoms with van der Waals surface area (Å²) in [6.07, 6.45) is 4.88. The minimum absolute atomic E-state index is 0.0486. The zero-order valence-electron chi connectivity index (χ0n) is 19.0. The molecule has 0 radical (unpaired) electrons. The molecule has 2 atom stereocenters. The van der Waals surface area contributed by atoms with E-state index in [1.54, 1.807) is 25.1 Å². The molecule has 1 saturated heterocycles. The molecule has 0 saturated carbocycles. The zero-order chi connectivity index (χ0) is 23.2. The summed E-state index contributed by atoms with van der Waals surface area (Å²) in [7, 11) is 0. The van der Waals surface area contributed by atoms with E-state index in [1.807, 2.05) is 25.1 Å². The van der Waals surface area contributed by atoms with E-state index < -0.39 is 5.60 Å². The number of amides is 1. The summed E-state index contributed by atoms with van der Waals surface area (Å²) in [5.41, 5.74) is 1.88. The predicted molar refractivity (Wildman–Crippen MR) is 125 cm³/mol. The number of likely N-dealkylation sites (tertiary alicyclic amines) is 1. The standard InChI is InChI=1S/C23H28N8O2/c1-14(28-20-18-19(25-12-24-18)26-13-27-20)21-29-16-8-4-5-9-17(16)31(21)15-7-6-10-30(11-15)22(32)23(2,3)33/h4-5,8-9,12-15,33H,6-7,10-11H2,1-3H3,(H2,24,25,26,27,28)/t14-,15?/m0/s1. The summed E-state index contributed by atoms with van der Waals surface area (Å²) in [5, 5.41) is 13.7. The number of carbonyl (C=O) groups is 1. The second kappa shape index (κ2) is 8.11. The first-order valence-electron chi connectivity index (χ1n) is 11.2. The average molecular weight is 449 g/mol. The van der Waals surface area contributed by atoms with E-state index in [1.165, 1.54) is 6.33 Å². The smallest absolute Gasteiger partial charge is 0.254 e. The number of para-hydroxylation sites is 2. The SMILES string of the molecule is C[C@H](Nc1ncnc2[nH]cnc12)c1nc2ccccc2n1C1CCCN(C(=O)C(C)(C)O)C1. The molecule has 1 unspecified atom stereocenters. The highest BCUT2D eigenvalue weighted by molar-refractivity contribution is 5.84. The lowest BCUT2D eigenvalue weighted by Gasteiger charge is -2.37. The van der Waals surface area contributed by atoms with E-state index >= 15 is 0 Å². The van der Waals surface area contributed by atoms with Gasteiger partial charge in [0.05, 0.1) is 29.4 Å². The Hall–Kier alpha value is -3.53. The largest absolute Gasteiger partial charge is 0.381 e. The van der Waals surface area contributed by atoms with Crippen molar-refractivity contribution in [3.05, 3.63) is 42.7 Å². The van der Waals surface area contributed by atoms with E-state index in [0.717, 1.165) is 29.7 Å². The Bertz CT molecular complexity index is 1300. The lowest BCUT2D eigenvalue weighted by Crippen LogP contribution is -2.49. The topological polar surface area (TPSA) is 125 Å². The lowest BCUT2D eigenvalue weighted by atomic mass is 10.0. The van der Waals surface area contributed by atoms with Crippen LogP contribution in [0.5, 0.6) is 0 Å². The van der Waals surface area contributed by atoms with Crippen molar-refractivity contribution >= 4 is 33.9 Å². The highest BCUT2D eigenvalue weighted by Gasteiger charge is 2.34. The summed E-state index contributed by atoms with van der Waals surface area (Å²) in [6, 6.07) is 7.92. The second-order valence-electron chi connectivity index (χ2n) is 9.12. The quantitative estimate of drug-likeness (QED) is 0.429. The average Bonchev–Trinajstić information content (AvgIpc) is 3.43. The predicted octanol–water partition coefficient (Wildman–Crippen LogP) is 2.81. The van der Waals surface area contributed by atoms with E-state index in [2.05, 4.69) is 35.9 Å². The molecule has 1 aliphatic heterocycles. The van der Waals surface area contributed by atoms with Gasteiger partial charge in [-0.25, -0.2) is 19.9 Å². The first-order chi connectivity index (χ1) is 15.8. The van der Waals surface area contributed by atoms with Crippen LogP contribution in [0.1, 0.15) is 51.5 Å². The van der Waals surface area contributed by atoms with Crippen LogP contribution in [0.25, 0.3) is 22.2 Å². The number of nitrogens with one attached hydrogen (secondary N) is 2. The highest BCUT2D eigenvalue weighted by atomic mass is 16.3. The lowest BCUT2D eigenvalue weighted by molar-refractivity contribution is -0.149. The monoisotopic (exact) mass is 448 g/mol. The summed E-state index contributed by atoms with van der Waals surface area (Å²) >= 11 is 0. The summed E-state index contributed by atoms with van der Waals surface area (Å²) in [4.78, 5) is 35.4. The maximum Gasteiger partial charge on any atom is 0.254 e. The first-order valence-corrected chi connectivity index (χ1v) is 11.2. The Morgan fingerprint density at radius 3 is 2.91 bits per heavy atom. The van der Waals surface area contributed by atoms with Crippen molar-refractivity contribution in [3.8, 4) is 0 Å². The molecule has 0 spiro atoms. The van der Waals surface area contributed by atoms with Crippen LogP contribution < -0.4 is 5.32 Å². The van der Waals surface area contributed by atoms with Gasteiger partial charge >= 0.3 is 0 Å². The molecule has 0 aliphatic carbocycles. The molecule has 4 aromatic rings. The van der Waals surface area contributed by atoms with Gasteiger partial charge in [-0.15, -0.1) is 0 Å². The van der Waals surface area contributed by atoms with Crippen LogP contribution in [0.3, 0.4) is 0 Å². The van der Waals surface area contributed by atoms with Gasteiger partial charge in [-0.2, -0.15) is 0 Å². The number of imidazole rings is 2. The van der Waals surface area contributed by atoms with Crippen molar-refractivity contribution < 1.29 is 9.90 Å². The molecule has 5 rings (SSSR count). The van der Waals surface area contributed by atoms with Crippen LogP contribution in [-0.4, -0.2) is 64.1 Å². The molecule has 3 N–H and O–H groups in total. The Labute approximate surface area is 191 Å². The molecule has 1 fully saturated rings. The summed E-state index contributed by atoms with van der Waals surface area (Å²) in [6.45, 7) is 6.30. The third-order valence-electron chi connectivity index (χ3n) is 6.15. The number of anilines is 1. The van der Waals surface area contributed by atoms with Crippen molar-refractivity contribution in [3.63, 3.8) is 0 Å². The fraction of sp³-hybridized carbons (Fsp3) is 0.435. The molecule has 10 nitrogen and oxygen atoms in total. The van der Waals surface area contributed by atoms with E-state index in [9.17, 15) is 9.90 Å². The highest BCUT2D eigenvalue weighted by Crippen LogP contribution is 2.32. The number of piperidine rings is 1. The van der Waals surface area contributed by atoms with Gasteiger partial charge in [0.15, 0.2) is 11.5 Å². The van der Waals surface area contributed by atoms with Crippen LogP contribution in [0.15, 0.2) is 36.9 Å². The van der Waals surface area contributed by atoms with Crippen molar-refractivity contribution in [1.82, 2.24) is 34.4 Å². The molecule has 0 bridgehead atoms. The van der Waals surface area contributed by atoms with Crippen LogP contribution in [0, 0.1) is 0 Å². The number of aliphatic hydroxyl groups is 1. The number of hydrogen-bond donors (Lipinski definition) is 3. The van der Waals surface area contributed by atoms with Gasteiger partial charge in [-0.1, -0.05) is 12.1 Å². The van der Waals surface area contributed by atoms with Crippen LogP contribution >= 0.6 is 0 Å². The van der Waals surface area contributed by atoms with E-state index in [4.69, 9.17) is 4.98 Å². The molecule has 10 heteroatoms. The maximum atomic E-state index is 12.8. The van der Waals surface area contributed by atoms with Crippen molar-refractivity contribution in [2.24, 2.45) is 0 Å². The number of benzene rings is 1. The van der Waals surface area contributed by atoms with E-state index in [0.29, 0.717) is 30.1 Å². The van der Waals surface area contributed by atoms with Gasteiger partial charge in [0.25, 0.3) is 5.91 Å². The van der Waals surface area contributed by atoms with Crippen LogP contribution in [-0.2, 0) is 4.79 Å². The Morgan fingerprint density at radius 2 is 2.09 bits per heavy atom. The molecular formula is C23H28N8O2. The molecule has 4 heterocycles. The maximum absolute atomic E-state index is 12.8. The second-order valence-corrected chi connectivity index (χ2v) is 9.12. The molecule has 1 aliphatic rings. The van der Waals surface area contributed by atoms with Crippen molar-refractivity contribution in [1.29, 1.82) is 0 Å². The van der Waals surface area contributed by atoms with Gasteiger partial charge in [-0.3, -0.25) is 4.79 Å². The third-order valence-corrected chi connectivity index (χ3v) is 6.15. The third kappa shape index (κ3) is 3.91. The molecule has 3 aromatic heterocycles. The fourth-order valence-corrected chi connectivity index (χ4v) is 4.63. The molecule has 1 aromatic carbocycles. The number of fused-ring (bicyclic) bond motifs is 2. The minimum atomic E-state index is -1.39. The van der Waals surface area contributed by atoms with Crippen molar-refractivity contribution in [2.75, 3.05) is 18.4 Å². The number of H-pyrrole nitrogens is 1. The normalized spacial score (nSPS) is 18.1. The van der Waals surface area contributed by atoms with Gasteiger partial charge in [-0.05, 0) is 45.7 Å². The van der Waals surface area contributed by atoms with Crippen molar-refractivity contribution in [2.45, 2.75) is 51.3 Å². The Kier molecular flexibility index (Phi) is 5.24. The fourth-order valence-electron chi connectivity index (χ4n) is 4.63. The van der Waals surface area contributed by atoms with Gasteiger partial charge in [0.2, 0.25) is 0 Å². The molecule has 172 valence electrons. The Morgan fingerprint density at radius 1 is 1.27 bits per heavy atom. The number of nitrogens with zero attached hydrogens (tertiary/aromatic N) is 6. The van der Waals surface area contributed by atoms with Gasteiger partial charge in [0, 0.05) is 13.1 Å². The van der Waals surface area contributed by atoms with Gasteiger partial charge in [0.1, 0.15) is 23.3 Å². The minimum Gasteiger partial charge on any atom is -0.381 e. The van der Waals surface area contributed by atoms with Gasteiger partial charge < -0.3 is 24.9 Å². The summed E-state index contributed by atoms with van der Waals surface area (Å²) in [5.74, 6) is 1.25. The molecular weight excluding hydrogens is 420 g/mol. The number of hydrogen-bond acceptors (Lipinski definition) is 7. The van der Waals surface area contributed by atoms with Crippen LogP contribution in [0.4, 0.5) is 5.82 Å². The number of aromatic amines is 1. The number of rotatable bonds is 5. The zero-order valence-corrected chi connectivity index (χ0v) is 19.0. The molecule has 33 heavy (non-hydrogen) atoms. The van der Waals surface area contributed by atoms with Crippen LogP contribution in [0.2, 0.25) is 0 Å².